The van der Waals surface area contributed by atoms with Gasteiger partial charge in [0.05, 0.1) is 17.4 Å². The average molecular weight is 447 g/mol. The van der Waals surface area contributed by atoms with E-state index < -0.39 is 16.1 Å². The Morgan fingerprint density at radius 3 is 2.59 bits per heavy atom. The summed E-state index contributed by atoms with van der Waals surface area (Å²) >= 11 is 7.31. The highest BCUT2D eigenvalue weighted by molar-refractivity contribution is 7.93. The lowest BCUT2D eigenvalue weighted by atomic mass is 9.94. The molecule has 2 N–H and O–H groups in total. The third kappa shape index (κ3) is 4.20. The number of thiazole rings is 1. The molecule has 0 aliphatic heterocycles. The van der Waals surface area contributed by atoms with Crippen LogP contribution < -0.4 is 4.72 Å². The number of aliphatic hydroxyl groups is 1. The molecule has 0 amide bonds. The number of furan rings is 1. The van der Waals surface area contributed by atoms with Gasteiger partial charge in [-0.2, -0.15) is 0 Å². The van der Waals surface area contributed by atoms with Gasteiger partial charge < -0.3 is 9.52 Å². The Morgan fingerprint density at radius 1 is 1.14 bits per heavy atom. The van der Waals surface area contributed by atoms with Crippen LogP contribution in [0.1, 0.15) is 17.2 Å². The molecule has 2 aromatic heterocycles. The van der Waals surface area contributed by atoms with E-state index in [1.807, 2.05) is 0 Å². The molecule has 0 aliphatic carbocycles. The number of halogens is 1. The molecule has 2 aromatic carbocycles. The Balaban J connectivity index is 1.63. The van der Waals surface area contributed by atoms with Gasteiger partial charge in [-0.25, -0.2) is 13.4 Å². The predicted octanol–water partition coefficient (Wildman–Crippen LogP) is 4.94. The molecule has 9 heteroatoms. The van der Waals surface area contributed by atoms with Crippen LogP contribution in [-0.2, 0) is 10.0 Å². The van der Waals surface area contributed by atoms with Gasteiger partial charge in [0.1, 0.15) is 6.10 Å². The van der Waals surface area contributed by atoms with Crippen LogP contribution in [-0.4, -0.2) is 18.5 Å². The van der Waals surface area contributed by atoms with Crippen molar-refractivity contribution in [2.24, 2.45) is 0 Å². The fraction of sp³-hybridized carbons (Fsp3) is 0.0500. The molecule has 1 unspecified atom stereocenters. The molecule has 1 atom stereocenters. The Kier molecular flexibility index (Phi) is 5.42. The van der Waals surface area contributed by atoms with E-state index in [0.717, 1.165) is 11.1 Å². The summed E-state index contributed by atoms with van der Waals surface area (Å²) in [5.41, 5.74) is 2.70. The fourth-order valence-corrected chi connectivity index (χ4v) is 4.85. The van der Waals surface area contributed by atoms with Crippen molar-refractivity contribution in [3.63, 3.8) is 0 Å². The first kappa shape index (κ1) is 19.7. The number of nitrogens with zero attached hydrogens (tertiary/aromatic N) is 1. The van der Waals surface area contributed by atoms with Gasteiger partial charge in [-0.1, -0.05) is 29.8 Å². The summed E-state index contributed by atoms with van der Waals surface area (Å²) in [6, 6.07) is 13.0. The van der Waals surface area contributed by atoms with Crippen molar-refractivity contribution in [2.45, 2.75) is 11.0 Å². The third-order valence-corrected chi connectivity index (χ3v) is 6.71. The molecule has 29 heavy (non-hydrogen) atoms. The van der Waals surface area contributed by atoms with E-state index in [9.17, 15) is 13.5 Å². The molecular weight excluding hydrogens is 432 g/mol. The van der Waals surface area contributed by atoms with Gasteiger partial charge in [-0.3, -0.25) is 4.72 Å². The second-order valence-corrected chi connectivity index (χ2v) is 9.17. The highest BCUT2D eigenvalue weighted by Crippen LogP contribution is 2.34. The molecule has 0 aliphatic rings. The van der Waals surface area contributed by atoms with Gasteiger partial charge in [-0.05, 0) is 47.0 Å². The predicted molar refractivity (Wildman–Crippen MR) is 113 cm³/mol. The Morgan fingerprint density at radius 2 is 1.93 bits per heavy atom. The number of aromatic nitrogens is 1. The molecule has 0 saturated carbocycles. The number of hydrogen-bond donors (Lipinski definition) is 2. The molecule has 4 aromatic rings. The largest absolute Gasteiger partial charge is 0.472 e. The van der Waals surface area contributed by atoms with Crippen molar-refractivity contribution in [3.8, 4) is 11.1 Å². The van der Waals surface area contributed by atoms with Gasteiger partial charge in [0.2, 0.25) is 0 Å². The van der Waals surface area contributed by atoms with Crippen LogP contribution in [0.3, 0.4) is 0 Å². The molecule has 0 saturated heterocycles. The molecule has 0 spiro atoms. The minimum absolute atomic E-state index is 0.0785. The second kappa shape index (κ2) is 8.00. The monoisotopic (exact) mass is 446 g/mol. The van der Waals surface area contributed by atoms with Gasteiger partial charge >= 0.3 is 0 Å². The van der Waals surface area contributed by atoms with E-state index in [0.29, 0.717) is 21.3 Å². The maximum Gasteiger partial charge on any atom is 0.263 e. The summed E-state index contributed by atoms with van der Waals surface area (Å²) in [6.07, 6.45) is 3.66. The zero-order chi connectivity index (χ0) is 20.4. The minimum Gasteiger partial charge on any atom is -0.472 e. The van der Waals surface area contributed by atoms with Crippen molar-refractivity contribution >= 4 is 38.1 Å². The molecule has 6 nitrogen and oxygen atoms in total. The van der Waals surface area contributed by atoms with Gasteiger partial charge in [0.25, 0.3) is 10.0 Å². The molecule has 2 heterocycles. The van der Waals surface area contributed by atoms with Crippen molar-refractivity contribution in [1.29, 1.82) is 0 Å². The number of hydrogen-bond acceptors (Lipinski definition) is 6. The number of aliphatic hydroxyl groups excluding tert-OH is 1. The number of anilines is 1. The lowest BCUT2D eigenvalue weighted by Crippen LogP contribution is -2.13. The smallest absolute Gasteiger partial charge is 0.263 e. The van der Waals surface area contributed by atoms with Gasteiger partial charge in [-0.15, -0.1) is 11.3 Å². The van der Waals surface area contributed by atoms with Crippen LogP contribution in [0.4, 0.5) is 5.13 Å². The number of nitrogens with one attached hydrogen (secondary N) is 1. The molecule has 0 fully saturated rings. The molecule has 0 radical (unpaired) electrons. The van der Waals surface area contributed by atoms with Gasteiger partial charge in [0, 0.05) is 22.2 Å². The maximum atomic E-state index is 12.5. The Labute approximate surface area is 176 Å². The van der Waals surface area contributed by atoms with E-state index in [-0.39, 0.29) is 4.90 Å². The zero-order valence-corrected chi connectivity index (χ0v) is 17.2. The highest BCUT2D eigenvalue weighted by atomic mass is 35.5. The first-order chi connectivity index (χ1) is 13.9. The zero-order valence-electron chi connectivity index (χ0n) is 14.8. The lowest BCUT2D eigenvalue weighted by molar-refractivity contribution is 0.221. The molecular formula is C20H15ClN2O4S2. The minimum atomic E-state index is -3.75. The first-order valence-corrected chi connectivity index (χ1v) is 11.2. The average Bonchev–Trinajstić information content (AvgIpc) is 3.41. The van der Waals surface area contributed by atoms with Crippen molar-refractivity contribution in [3.05, 3.63) is 88.8 Å². The number of sulfonamides is 1. The van der Waals surface area contributed by atoms with E-state index in [1.54, 1.807) is 54.3 Å². The van der Waals surface area contributed by atoms with Crippen LogP contribution >= 0.6 is 22.9 Å². The van der Waals surface area contributed by atoms with E-state index in [4.69, 9.17) is 16.0 Å². The quantitative estimate of drug-likeness (QED) is 0.437. The van der Waals surface area contributed by atoms with Crippen LogP contribution in [0.5, 0.6) is 0 Å². The van der Waals surface area contributed by atoms with E-state index in [2.05, 4.69) is 9.71 Å². The normalized spacial score (nSPS) is 12.6. The van der Waals surface area contributed by atoms with Crippen LogP contribution in [0.25, 0.3) is 11.1 Å². The molecule has 0 bridgehead atoms. The summed E-state index contributed by atoms with van der Waals surface area (Å²) in [7, 11) is -3.75. The summed E-state index contributed by atoms with van der Waals surface area (Å²) in [5, 5.41) is 13.4. The molecule has 148 valence electrons. The summed E-state index contributed by atoms with van der Waals surface area (Å²) < 4.78 is 32.5. The Hall–Kier alpha value is -2.65. The van der Waals surface area contributed by atoms with Crippen LogP contribution in [0.2, 0.25) is 5.02 Å². The lowest BCUT2D eigenvalue weighted by Gasteiger charge is -2.16. The summed E-state index contributed by atoms with van der Waals surface area (Å²) in [5.74, 6) is 0. The number of benzene rings is 2. The second-order valence-electron chi connectivity index (χ2n) is 6.16. The van der Waals surface area contributed by atoms with E-state index in [1.165, 1.54) is 29.7 Å². The third-order valence-electron chi connectivity index (χ3n) is 4.30. The number of rotatable bonds is 6. The SMILES string of the molecule is O=S(=O)(Nc1nccs1)c1ccc(C(O)c2ccc(Cl)cc2-c2ccoc2)cc1. The van der Waals surface area contributed by atoms with Crippen LogP contribution in [0, 0.1) is 0 Å². The standard InChI is InChI=1S/C20H15ClN2O4S2/c21-15-3-6-17(18(11-15)14-7-9-27-12-14)19(24)13-1-4-16(5-2-13)29(25,26)23-20-22-8-10-28-20/h1-12,19,24H,(H,22,23). The van der Waals surface area contributed by atoms with Crippen molar-refractivity contribution in [2.75, 3.05) is 4.72 Å². The van der Waals surface area contributed by atoms with Crippen LogP contribution in [0.15, 0.2) is 81.9 Å². The van der Waals surface area contributed by atoms with Crippen molar-refractivity contribution < 1.29 is 17.9 Å². The summed E-state index contributed by atoms with van der Waals surface area (Å²) in [6.45, 7) is 0. The first-order valence-electron chi connectivity index (χ1n) is 8.46. The van der Waals surface area contributed by atoms with Gasteiger partial charge in [0.15, 0.2) is 5.13 Å². The van der Waals surface area contributed by atoms with E-state index >= 15 is 0 Å². The highest BCUT2D eigenvalue weighted by Gasteiger charge is 2.19. The summed E-state index contributed by atoms with van der Waals surface area (Å²) in [4.78, 5) is 4.00. The maximum absolute atomic E-state index is 12.5. The molecule has 4 rings (SSSR count). The Bertz CT molecular complexity index is 1210. The topological polar surface area (TPSA) is 92.4 Å². The van der Waals surface area contributed by atoms with Crippen molar-refractivity contribution in [1.82, 2.24) is 4.98 Å². The fourth-order valence-electron chi connectivity index (χ4n) is 2.89.